The Hall–Kier alpha value is -4.36. The second-order valence-corrected chi connectivity index (χ2v) is 9.90. The number of nitrogens with zero attached hydrogens (tertiary/aromatic N) is 3. The van der Waals surface area contributed by atoms with E-state index in [1.807, 2.05) is 55.2 Å². The molecule has 1 aliphatic rings. The zero-order chi connectivity index (χ0) is 27.5. The fourth-order valence-corrected chi connectivity index (χ4v) is 5.65. The van der Waals surface area contributed by atoms with Gasteiger partial charge in [-0.05, 0) is 36.8 Å². The van der Waals surface area contributed by atoms with Gasteiger partial charge in [0.15, 0.2) is 0 Å². The predicted molar refractivity (Wildman–Crippen MR) is 157 cm³/mol. The Morgan fingerprint density at radius 2 is 1.82 bits per heavy atom. The first-order valence-electron chi connectivity index (χ1n) is 13.8. The van der Waals surface area contributed by atoms with E-state index < -0.39 is 0 Å². The van der Waals surface area contributed by atoms with Gasteiger partial charge >= 0.3 is 5.97 Å². The highest BCUT2D eigenvalue weighted by Crippen LogP contribution is 2.37. The van der Waals surface area contributed by atoms with Crippen molar-refractivity contribution in [2.24, 2.45) is 7.05 Å². The summed E-state index contributed by atoms with van der Waals surface area (Å²) in [7, 11) is 1.93. The fraction of sp³-hybridized carbons (Fsp3) is 0.273. The van der Waals surface area contributed by atoms with Crippen molar-refractivity contribution in [1.29, 1.82) is 0 Å². The van der Waals surface area contributed by atoms with Crippen molar-refractivity contribution < 1.29 is 19.0 Å². The first kappa shape index (κ1) is 25.9. The Morgan fingerprint density at radius 1 is 1.00 bits per heavy atom. The molecular formula is C33H33N3O4. The van der Waals surface area contributed by atoms with Gasteiger partial charge in [-0.3, -0.25) is 4.68 Å². The third kappa shape index (κ3) is 4.77. The third-order valence-corrected chi connectivity index (χ3v) is 7.49. The molecule has 7 heteroatoms. The van der Waals surface area contributed by atoms with Gasteiger partial charge in [0.1, 0.15) is 11.4 Å². The number of ether oxygens (including phenoxy) is 3. The Balaban J connectivity index is 1.40. The number of carbonyl (C=O) groups excluding carboxylic acids is 1. The average molecular weight is 536 g/mol. The summed E-state index contributed by atoms with van der Waals surface area (Å²) in [6.07, 6.45) is 7.38. The molecule has 0 N–H and O–H groups in total. The quantitative estimate of drug-likeness (QED) is 0.136. The molecule has 0 aliphatic carbocycles. The van der Waals surface area contributed by atoms with Gasteiger partial charge in [-0.15, -0.1) is 0 Å². The lowest BCUT2D eigenvalue weighted by Gasteiger charge is -2.12. The van der Waals surface area contributed by atoms with E-state index in [-0.39, 0.29) is 5.97 Å². The number of hydrogen-bond donors (Lipinski definition) is 0. The van der Waals surface area contributed by atoms with Gasteiger partial charge in [-0.1, -0.05) is 66.7 Å². The van der Waals surface area contributed by atoms with Crippen LogP contribution in [0.4, 0.5) is 0 Å². The molecule has 0 saturated carbocycles. The normalized spacial score (nSPS) is 14.1. The van der Waals surface area contributed by atoms with Crippen molar-refractivity contribution in [3.63, 3.8) is 0 Å². The van der Waals surface area contributed by atoms with E-state index in [0.717, 1.165) is 56.2 Å². The molecule has 0 unspecified atom stereocenters. The maximum absolute atomic E-state index is 13.5. The van der Waals surface area contributed by atoms with Crippen LogP contribution in [0.3, 0.4) is 0 Å². The molecule has 204 valence electrons. The molecule has 0 saturated heterocycles. The van der Waals surface area contributed by atoms with Crippen LogP contribution in [0.1, 0.15) is 35.1 Å². The summed E-state index contributed by atoms with van der Waals surface area (Å²) >= 11 is 0. The van der Waals surface area contributed by atoms with Gasteiger partial charge in [-0.2, -0.15) is 5.10 Å². The van der Waals surface area contributed by atoms with E-state index in [1.54, 1.807) is 0 Å². The lowest BCUT2D eigenvalue weighted by Crippen LogP contribution is -2.14. The Bertz CT molecular complexity index is 1710. The first-order chi connectivity index (χ1) is 19.7. The van der Waals surface area contributed by atoms with Gasteiger partial charge in [0.2, 0.25) is 0 Å². The molecule has 6 rings (SSSR count). The SMILES string of the molecule is CCOC(=O)c1c(CCCOc2cccc3ccccc23)c2cccc3c2n1C/C=C\COCc1c-3cnn1C. The molecule has 2 aromatic heterocycles. The summed E-state index contributed by atoms with van der Waals surface area (Å²) in [6, 6.07) is 20.6. The highest BCUT2D eigenvalue weighted by Gasteiger charge is 2.26. The predicted octanol–water partition coefficient (Wildman–Crippen LogP) is 6.47. The number of aryl methyl sites for hydroxylation is 2. The van der Waals surface area contributed by atoms with Gasteiger partial charge in [-0.25, -0.2) is 4.79 Å². The van der Waals surface area contributed by atoms with Gasteiger partial charge in [0.25, 0.3) is 0 Å². The molecule has 0 radical (unpaired) electrons. The summed E-state index contributed by atoms with van der Waals surface area (Å²) in [5.41, 5.74) is 5.64. The van der Waals surface area contributed by atoms with Gasteiger partial charge in [0.05, 0.1) is 43.8 Å². The summed E-state index contributed by atoms with van der Waals surface area (Å²) in [5, 5.41) is 7.84. The smallest absolute Gasteiger partial charge is 0.355 e. The fourth-order valence-electron chi connectivity index (χ4n) is 5.65. The largest absolute Gasteiger partial charge is 0.493 e. The molecule has 0 fully saturated rings. The standard InChI is InChI=1S/C33H33N3O4/c1-3-39-33(37)32-26(16-10-20-40-30-17-8-12-23-11-4-5-13-24(23)30)25-14-9-15-27-28-21-34-35(2)29(28)22-38-19-7-6-18-36(32)31(25)27/h4-9,11-15,17,21H,3,10,16,18-20,22H2,1-2H3/b7-6-. The average Bonchev–Trinajstić information content (AvgIpc) is 3.49. The maximum Gasteiger partial charge on any atom is 0.355 e. The topological polar surface area (TPSA) is 67.5 Å². The first-order valence-corrected chi connectivity index (χ1v) is 13.8. The lowest BCUT2D eigenvalue weighted by atomic mass is 10.00. The van der Waals surface area contributed by atoms with Crippen molar-refractivity contribution in [2.75, 3.05) is 19.8 Å². The van der Waals surface area contributed by atoms with Gasteiger partial charge < -0.3 is 18.8 Å². The molecule has 1 aliphatic heterocycles. The van der Waals surface area contributed by atoms with Crippen LogP contribution in [0.5, 0.6) is 5.75 Å². The summed E-state index contributed by atoms with van der Waals surface area (Å²) in [4.78, 5) is 13.5. The molecule has 0 amide bonds. The van der Waals surface area contributed by atoms with E-state index in [1.165, 1.54) is 0 Å². The Kier molecular flexibility index (Phi) is 7.38. The molecule has 40 heavy (non-hydrogen) atoms. The molecule has 0 bridgehead atoms. The van der Waals surface area contributed by atoms with Crippen LogP contribution in [0, 0.1) is 0 Å². The number of para-hydroxylation sites is 1. The van der Waals surface area contributed by atoms with Gasteiger partial charge in [0, 0.05) is 35.5 Å². The molecule has 3 heterocycles. The number of fused-ring (bicyclic) bond motifs is 3. The second-order valence-electron chi connectivity index (χ2n) is 9.90. The second kappa shape index (κ2) is 11.4. The molecule has 0 atom stereocenters. The lowest BCUT2D eigenvalue weighted by molar-refractivity contribution is 0.0513. The maximum atomic E-state index is 13.5. The van der Waals surface area contributed by atoms with E-state index in [4.69, 9.17) is 14.2 Å². The number of benzene rings is 3. The minimum Gasteiger partial charge on any atom is -0.493 e. The molecule has 3 aromatic carbocycles. The number of rotatable bonds is 7. The Morgan fingerprint density at radius 3 is 2.73 bits per heavy atom. The van der Waals surface area contributed by atoms with E-state index >= 15 is 0 Å². The highest BCUT2D eigenvalue weighted by molar-refractivity contribution is 6.04. The molecule has 5 aromatic rings. The number of carbonyl (C=O) groups is 1. The number of allylic oxidation sites excluding steroid dienone is 1. The van der Waals surface area contributed by atoms with Crippen molar-refractivity contribution in [3.05, 3.63) is 96.0 Å². The van der Waals surface area contributed by atoms with E-state index in [0.29, 0.717) is 45.1 Å². The van der Waals surface area contributed by atoms with Crippen LogP contribution in [-0.4, -0.2) is 40.1 Å². The summed E-state index contributed by atoms with van der Waals surface area (Å²) in [5.74, 6) is 0.569. The van der Waals surface area contributed by atoms with Crippen molar-refractivity contribution in [3.8, 4) is 16.9 Å². The van der Waals surface area contributed by atoms with Crippen LogP contribution in [-0.2, 0) is 36.1 Å². The van der Waals surface area contributed by atoms with Crippen molar-refractivity contribution in [1.82, 2.24) is 14.3 Å². The molecule has 7 nitrogen and oxygen atoms in total. The third-order valence-electron chi connectivity index (χ3n) is 7.49. The van der Waals surface area contributed by atoms with E-state index in [2.05, 4.69) is 52.1 Å². The summed E-state index contributed by atoms with van der Waals surface area (Å²) in [6.45, 7) is 4.16. The van der Waals surface area contributed by atoms with Crippen LogP contribution in [0.2, 0.25) is 0 Å². The van der Waals surface area contributed by atoms with Crippen LogP contribution in [0.15, 0.2) is 79.0 Å². The van der Waals surface area contributed by atoms with Crippen molar-refractivity contribution in [2.45, 2.75) is 32.9 Å². The molecule has 0 spiro atoms. The highest BCUT2D eigenvalue weighted by atomic mass is 16.5. The van der Waals surface area contributed by atoms with Crippen LogP contribution >= 0.6 is 0 Å². The Labute approximate surface area is 233 Å². The number of hydrogen-bond acceptors (Lipinski definition) is 5. The minimum atomic E-state index is -0.305. The zero-order valence-corrected chi connectivity index (χ0v) is 22.9. The number of aromatic nitrogens is 3. The minimum absolute atomic E-state index is 0.305. The van der Waals surface area contributed by atoms with E-state index in [9.17, 15) is 4.79 Å². The molecular weight excluding hydrogens is 502 g/mol. The summed E-state index contributed by atoms with van der Waals surface area (Å²) < 4.78 is 21.7. The van der Waals surface area contributed by atoms with Crippen LogP contribution < -0.4 is 4.74 Å². The number of esters is 1. The van der Waals surface area contributed by atoms with Crippen molar-refractivity contribution >= 4 is 27.6 Å². The zero-order valence-electron chi connectivity index (χ0n) is 22.9. The monoisotopic (exact) mass is 535 g/mol. The van der Waals surface area contributed by atoms with Crippen LogP contribution in [0.25, 0.3) is 32.8 Å².